The first-order valence-corrected chi connectivity index (χ1v) is 7.59. The van der Waals surface area contributed by atoms with Crippen molar-refractivity contribution in [2.45, 2.75) is 31.6 Å². The maximum absolute atomic E-state index is 12.3. The van der Waals surface area contributed by atoms with Crippen LogP contribution in [0.1, 0.15) is 31.7 Å². The van der Waals surface area contributed by atoms with Gasteiger partial charge in [0.2, 0.25) is 0 Å². The van der Waals surface area contributed by atoms with Crippen molar-refractivity contribution >= 4 is 5.97 Å². The number of hydrogen-bond donors (Lipinski definition) is 0. The fraction of sp³-hybridized carbons (Fsp3) is 0.316. The Labute approximate surface area is 125 Å². The van der Waals surface area contributed by atoms with Gasteiger partial charge >= 0.3 is 5.97 Å². The Morgan fingerprint density at radius 3 is 2.14 bits per heavy atom. The Bertz CT molecular complexity index is 610. The van der Waals surface area contributed by atoms with Crippen LogP contribution in [0.25, 0.3) is 11.1 Å². The van der Waals surface area contributed by atoms with Gasteiger partial charge in [0.25, 0.3) is 0 Å². The number of carbonyl (C=O) groups excluding carboxylic acids is 1. The summed E-state index contributed by atoms with van der Waals surface area (Å²) >= 11 is 0. The second-order valence-electron chi connectivity index (χ2n) is 5.60. The van der Waals surface area contributed by atoms with Crippen LogP contribution >= 0.6 is 0 Å². The molecule has 3 rings (SSSR count). The third kappa shape index (κ3) is 2.46. The average Bonchev–Trinajstić information content (AvgIpc) is 2.48. The molecule has 2 aromatic rings. The van der Waals surface area contributed by atoms with E-state index in [2.05, 4.69) is 36.4 Å². The minimum absolute atomic E-state index is 0.0660. The first-order chi connectivity index (χ1) is 10.3. The summed E-state index contributed by atoms with van der Waals surface area (Å²) in [5.41, 5.74) is 3.07. The van der Waals surface area contributed by atoms with Crippen molar-refractivity contribution < 1.29 is 9.53 Å². The summed E-state index contributed by atoms with van der Waals surface area (Å²) in [6.45, 7) is 2.31. The van der Waals surface area contributed by atoms with E-state index in [9.17, 15) is 4.79 Å². The van der Waals surface area contributed by atoms with Crippen LogP contribution in [0.3, 0.4) is 0 Å². The van der Waals surface area contributed by atoms with Gasteiger partial charge in [-0.3, -0.25) is 4.79 Å². The fourth-order valence-corrected chi connectivity index (χ4v) is 3.02. The van der Waals surface area contributed by atoms with E-state index in [0.29, 0.717) is 6.61 Å². The smallest absolute Gasteiger partial charge is 0.316 e. The lowest BCUT2D eigenvalue weighted by molar-refractivity contribution is -0.153. The number of benzene rings is 2. The Kier molecular flexibility index (Phi) is 3.78. The molecule has 108 valence electrons. The largest absolute Gasteiger partial charge is 0.465 e. The summed E-state index contributed by atoms with van der Waals surface area (Å²) in [4.78, 5) is 12.3. The highest BCUT2D eigenvalue weighted by Crippen LogP contribution is 2.45. The summed E-state index contributed by atoms with van der Waals surface area (Å²) in [6.07, 6.45) is 2.90. The van der Waals surface area contributed by atoms with Crippen LogP contribution in [0.5, 0.6) is 0 Å². The molecule has 1 saturated carbocycles. The van der Waals surface area contributed by atoms with E-state index in [1.807, 2.05) is 25.1 Å². The van der Waals surface area contributed by atoms with Gasteiger partial charge in [-0.15, -0.1) is 0 Å². The van der Waals surface area contributed by atoms with Crippen molar-refractivity contribution in [3.63, 3.8) is 0 Å². The third-order valence-electron chi connectivity index (χ3n) is 4.42. The summed E-state index contributed by atoms with van der Waals surface area (Å²) < 4.78 is 5.28. The van der Waals surface area contributed by atoms with Crippen LogP contribution in [0, 0.1) is 0 Å². The molecule has 0 bridgehead atoms. The molecule has 1 fully saturated rings. The molecular weight excluding hydrogens is 260 g/mol. The number of ether oxygens (including phenoxy) is 1. The topological polar surface area (TPSA) is 26.3 Å². The minimum atomic E-state index is -0.398. The summed E-state index contributed by atoms with van der Waals surface area (Å²) in [7, 11) is 0. The molecule has 0 heterocycles. The lowest BCUT2D eigenvalue weighted by atomic mass is 9.64. The standard InChI is InChI=1S/C19H20O2/c1-2-21-18(20)19(13-6-14-19)17-11-9-16(10-12-17)15-7-4-3-5-8-15/h3-5,7-12H,2,6,13-14H2,1H3. The molecule has 1 aliphatic rings. The highest BCUT2D eigenvalue weighted by atomic mass is 16.5. The normalized spacial score (nSPS) is 16.0. The summed E-state index contributed by atoms with van der Waals surface area (Å²) in [5, 5.41) is 0. The molecule has 0 unspecified atom stereocenters. The molecule has 1 aliphatic carbocycles. The van der Waals surface area contributed by atoms with Gasteiger partial charge in [-0.25, -0.2) is 0 Å². The molecule has 0 spiro atoms. The predicted octanol–water partition coefficient (Wildman–Crippen LogP) is 4.34. The molecule has 0 saturated heterocycles. The van der Waals surface area contributed by atoms with E-state index in [-0.39, 0.29) is 5.97 Å². The number of esters is 1. The molecule has 0 aliphatic heterocycles. The SMILES string of the molecule is CCOC(=O)C1(c2ccc(-c3ccccc3)cc2)CCC1. The second kappa shape index (κ2) is 5.72. The van der Waals surface area contributed by atoms with Crippen molar-refractivity contribution in [1.29, 1.82) is 0 Å². The van der Waals surface area contributed by atoms with Crippen molar-refractivity contribution in [2.75, 3.05) is 6.61 Å². The summed E-state index contributed by atoms with van der Waals surface area (Å²) in [6, 6.07) is 18.6. The maximum atomic E-state index is 12.3. The highest BCUT2D eigenvalue weighted by Gasteiger charge is 2.46. The zero-order chi connectivity index (χ0) is 14.7. The Morgan fingerprint density at radius 2 is 1.62 bits per heavy atom. The Balaban J connectivity index is 1.88. The molecule has 0 N–H and O–H groups in total. The van der Waals surface area contributed by atoms with E-state index >= 15 is 0 Å². The fourth-order valence-electron chi connectivity index (χ4n) is 3.02. The zero-order valence-corrected chi connectivity index (χ0v) is 12.3. The molecule has 2 nitrogen and oxygen atoms in total. The van der Waals surface area contributed by atoms with Crippen LogP contribution in [-0.2, 0) is 14.9 Å². The first kappa shape index (κ1) is 13.9. The lowest BCUT2D eigenvalue weighted by Gasteiger charge is -2.39. The van der Waals surface area contributed by atoms with Crippen LogP contribution in [0.4, 0.5) is 0 Å². The maximum Gasteiger partial charge on any atom is 0.316 e. The molecule has 21 heavy (non-hydrogen) atoms. The van der Waals surface area contributed by atoms with Gasteiger partial charge in [-0.1, -0.05) is 61.0 Å². The van der Waals surface area contributed by atoms with Gasteiger partial charge in [0, 0.05) is 0 Å². The van der Waals surface area contributed by atoms with Gasteiger partial charge in [0.15, 0.2) is 0 Å². The molecular formula is C19H20O2. The molecule has 2 aromatic carbocycles. The van der Waals surface area contributed by atoms with Crippen molar-refractivity contribution in [3.8, 4) is 11.1 Å². The highest BCUT2D eigenvalue weighted by molar-refractivity contribution is 5.84. The Morgan fingerprint density at radius 1 is 1.00 bits per heavy atom. The molecule has 2 heteroatoms. The molecule has 0 aromatic heterocycles. The van der Waals surface area contributed by atoms with Gasteiger partial charge in [-0.2, -0.15) is 0 Å². The monoisotopic (exact) mass is 280 g/mol. The van der Waals surface area contributed by atoms with Gasteiger partial charge in [0.1, 0.15) is 0 Å². The molecule has 0 radical (unpaired) electrons. The van der Waals surface area contributed by atoms with Gasteiger partial charge in [0.05, 0.1) is 12.0 Å². The van der Waals surface area contributed by atoms with E-state index in [1.165, 1.54) is 11.1 Å². The average molecular weight is 280 g/mol. The van der Waals surface area contributed by atoms with Crippen LogP contribution in [-0.4, -0.2) is 12.6 Å². The van der Waals surface area contributed by atoms with Crippen LogP contribution in [0.2, 0.25) is 0 Å². The van der Waals surface area contributed by atoms with Crippen molar-refractivity contribution in [3.05, 3.63) is 60.2 Å². The lowest BCUT2D eigenvalue weighted by Crippen LogP contribution is -2.43. The number of hydrogen-bond acceptors (Lipinski definition) is 2. The van der Waals surface area contributed by atoms with Gasteiger partial charge < -0.3 is 4.74 Å². The van der Waals surface area contributed by atoms with E-state index in [4.69, 9.17) is 4.74 Å². The van der Waals surface area contributed by atoms with E-state index in [1.54, 1.807) is 0 Å². The quantitative estimate of drug-likeness (QED) is 0.779. The van der Waals surface area contributed by atoms with Crippen molar-refractivity contribution in [1.82, 2.24) is 0 Å². The predicted molar refractivity (Wildman–Crippen MR) is 84.0 cm³/mol. The molecule has 0 amide bonds. The number of carbonyl (C=O) groups is 1. The van der Waals surface area contributed by atoms with Gasteiger partial charge in [-0.05, 0) is 36.5 Å². The third-order valence-corrected chi connectivity index (χ3v) is 4.42. The number of rotatable bonds is 4. The molecule has 0 atom stereocenters. The zero-order valence-electron chi connectivity index (χ0n) is 12.3. The minimum Gasteiger partial charge on any atom is -0.465 e. The van der Waals surface area contributed by atoms with Crippen LogP contribution < -0.4 is 0 Å². The van der Waals surface area contributed by atoms with E-state index < -0.39 is 5.41 Å². The Hall–Kier alpha value is -2.09. The van der Waals surface area contributed by atoms with Crippen LogP contribution in [0.15, 0.2) is 54.6 Å². The first-order valence-electron chi connectivity index (χ1n) is 7.59. The summed E-state index contributed by atoms with van der Waals surface area (Å²) in [5.74, 6) is -0.0660. The second-order valence-corrected chi connectivity index (χ2v) is 5.60. The van der Waals surface area contributed by atoms with Crippen molar-refractivity contribution in [2.24, 2.45) is 0 Å². The van der Waals surface area contributed by atoms with E-state index in [0.717, 1.165) is 24.8 Å².